The summed E-state index contributed by atoms with van der Waals surface area (Å²) in [6.07, 6.45) is 0. The van der Waals surface area contributed by atoms with Gasteiger partial charge in [-0.15, -0.1) is 0 Å². The normalized spacial score (nSPS) is 11.9. The van der Waals surface area contributed by atoms with Crippen LogP contribution in [-0.2, 0) is 0 Å². The van der Waals surface area contributed by atoms with Crippen LogP contribution in [0.15, 0.2) is 322 Å². The van der Waals surface area contributed by atoms with E-state index in [1.165, 1.54) is 43.1 Å². The molecule has 9 nitrogen and oxygen atoms in total. The van der Waals surface area contributed by atoms with Gasteiger partial charge in [0.15, 0.2) is 29.0 Å². The zero-order valence-electron chi connectivity index (χ0n) is 56.5. The fourth-order valence-corrected chi connectivity index (χ4v) is 16.1. The third-order valence-corrected chi connectivity index (χ3v) is 21.0. The standard InChI is InChI=1S/C49H27N3O.C48H26N4O/c1-50-41-20-22-45-48-38(13-8-14-39(41)48)40-27-31(19-21-44(40)53-45)36-23-32-15-17-34-25-37(26-35-18-16-33(24-36)46(32)47(34)35)49-51-42(29-9-4-2-5-10-29)28-43(52-49)30-11-6-3-7-12-30;49-27-35-19-21-40-39-20-18-30(26-42(39)53-41-13-7-12-38(35)45(40)41)36-22-31-14-16-33-24-37(25-34-17-15-32(23-36)43(31)44(33)34)48-51-46(28-8-3-1-4-9-28)50-47(52-48)29-10-5-2-6-11-29/h2-28H;1-26H. The molecular formula is C97H53N7O2. The number of rotatable bonds is 8. The van der Waals surface area contributed by atoms with Crippen LogP contribution in [0.25, 0.3) is 204 Å². The van der Waals surface area contributed by atoms with E-state index in [1.807, 2.05) is 152 Å². The average Bonchev–Trinajstić information content (AvgIpc) is 0.736. The zero-order chi connectivity index (χ0) is 70.1. The van der Waals surface area contributed by atoms with Crippen molar-refractivity contribution in [3.63, 3.8) is 0 Å². The highest BCUT2D eigenvalue weighted by atomic mass is 16.5. The number of aromatic nitrogens is 5. The predicted molar refractivity (Wildman–Crippen MR) is 430 cm³/mol. The lowest BCUT2D eigenvalue weighted by molar-refractivity contribution is 0.487. The van der Waals surface area contributed by atoms with Gasteiger partial charge in [0.25, 0.3) is 0 Å². The maximum Gasteiger partial charge on any atom is 0.195 e. The van der Waals surface area contributed by atoms with Crippen molar-refractivity contribution in [1.29, 1.82) is 5.26 Å². The van der Waals surface area contributed by atoms with Crippen molar-refractivity contribution >= 4 is 91.9 Å². The van der Waals surface area contributed by atoms with Crippen molar-refractivity contribution in [1.82, 2.24) is 24.9 Å². The van der Waals surface area contributed by atoms with E-state index in [1.54, 1.807) is 0 Å². The van der Waals surface area contributed by atoms with E-state index in [4.69, 9.17) is 41.0 Å². The molecule has 0 bridgehead atoms. The van der Waals surface area contributed by atoms with Crippen LogP contribution < -0.4 is 9.47 Å². The lowest BCUT2D eigenvalue weighted by Crippen LogP contribution is -2.00. The van der Waals surface area contributed by atoms with Crippen molar-refractivity contribution in [2.45, 2.75) is 0 Å². The summed E-state index contributed by atoms with van der Waals surface area (Å²) in [4.78, 5) is 28.9. The van der Waals surface area contributed by atoms with Gasteiger partial charge in [0.05, 0.1) is 29.6 Å². The molecule has 106 heavy (non-hydrogen) atoms. The van der Waals surface area contributed by atoms with Crippen molar-refractivity contribution in [2.75, 3.05) is 0 Å². The molecule has 488 valence electrons. The van der Waals surface area contributed by atoms with Gasteiger partial charge in [-0.25, -0.2) is 29.8 Å². The zero-order valence-corrected chi connectivity index (χ0v) is 56.5. The van der Waals surface area contributed by atoms with Crippen LogP contribution in [0, 0.1) is 17.9 Å². The Morgan fingerprint density at radius 3 is 1.16 bits per heavy atom. The maximum atomic E-state index is 9.69. The van der Waals surface area contributed by atoms with Gasteiger partial charge in [-0.2, -0.15) is 5.26 Å². The molecule has 9 heteroatoms. The number of hydrogen-bond acceptors (Lipinski definition) is 8. The first-order chi connectivity index (χ1) is 52.4. The molecule has 0 atom stereocenters. The van der Waals surface area contributed by atoms with Crippen LogP contribution in [0.5, 0.6) is 23.0 Å². The Bertz CT molecular complexity index is 6900. The quantitative estimate of drug-likeness (QED) is 0.109. The van der Waals surface area contributed by atoms with Crippen LogP contribution >= 0.6 is 0 Å². The van der Waals surface area contributed by atoms with Gasteiger partial charge < -0.3 is 9.47 Å². The van der Waals surface area contributed by atoms with Gasteiger partial charge >= 0.3 is 0 Å². The molecule has 0 fully saturated rings. The van der Waals surface area contributed by atoms with Gasteiger partial charge in [0, 0.05) is 60.7 Å². The predicted octanol–water partition coefficient (Wildman–Crippen LogP) is 25.8. The van der Waals surface area contributed by atoms with E-state index >= 15 is 0 Å². The van der Waals surface area contributed by atoms with Crippen LogP contribution in [0.1, 0.15) is 5.56 Å². The molecular weight excluding hydrogens is 1300 g/mol. The number of hydrogen-bond donors (Lipinski definition) is 0. The molecule has 18 aromatic carbocycles. The van der Waals surface area contributed by atoms with Gasteiger partial charge in [-0.1, -0.05) is 224 Å². The third kappa shape index (κ3) is 9.87. The maximum absolute atomic E-state index is 9.69. The molecule has 0 spiro atoms. The molecule has 0 saturated carbocycles. The SMILES string of the molecule is N#Cc1ccc2c3c(cccc13)Oc1cc(-c3cc4ccc5cc(-c6nc(-c7ccccc7)nc(-c7ccccc7)n6)cc6ccc(c3)c4c56)ccc1-2.[C-]#[N+]c1ccc2c3c(cccc13)-c1cc(-c3cc4ccc5cc(-c6nc(-c7ccccc7)cc(-c7ccccc7)n6)cc6ccc(c3)c4c56)ccc1O2. The molecule has 20 aromatic rings. The van der Waals surface area contributed by atoms with Gasteiger partial charge in [0.1, 0.15) is 23.0 Å². The highest BCUT2D eigenvalue weighted by Crippen LogP contribution is 2.52. The molecule has 2 aromatic heterocycles. The van der Waals surface area contributed by atoms with Crippen LogP contribution in [0.4, 0.5) is 5.69 Å². The van der Waals surface area contributed by atoms with E-state index in [0.29, 0.717) is 34.5 Å². The summed E-state index contributed by atoms with van der Waals surface area (Å²) in [5.74, 6) is 5.85. The second-order valence-electron chi connectivity index (χ2n) is 27.2. The van der Waals surface area contributed by atoms with Crippen LogP contribution in [0.3, 0.4) is 0 Å². The molecule has 0 N–H and O–H groups in total. The molecule has 0 unspecified atom stereocenters. The second kappa shape index (κ2) is 23.9. The van der Waals surface area contributed by atoms with Gasteiger partial charge in [-0.3, -0.25) is 0 Å². The molecule has 0 saturated heterocycles. The minimum absolute atomic E-state index is 0.637. The van der Waals surface area contributed by atoms with E-state index in [2.05, 4.69) is 181 Å². The number of nitriles is 1. The van der Waals surface area contributed by atoms with Crippen molar-refractivity contribution in [2.24, 2.45) is 0 Å². The first kappa shape index (κ1) is 60.0. The summed E-state index contributed by atoms with van der Waals surface area (Å²) in [5, 5.41) is 27.8. The Morgan fingerprint density at radius 2 is 0.651 bits per heavy atom. The summed E-state index contributed by atoms with van der Waals surface area (Å²) in [6, 6.07) is 114. The fraction of sp³-hybridized carbons (Fsp3) is 0. The van der Waals surface area contributed by atoms with Gasteiger partial charge in [0.2, 0.25) is 0 Å². The minimum Gasteiger partial charge on any atom is -0.456 e. The Kier molecular flexibility index (Phi) is 13.6. The smallest absolute Gasteiger partial charge is 0.195 e. The Morgan fingerprint density at radius 1 is 0.255 bits per heavy atom. The molecule has 2 aliphatic heterocycles. The Balaban J connectivity index is 0.000000136. The highest BCUT2D eigenvalue weighted by molar-refractivity contribution is 6.26. The van der Waals surface area contributed by atoms with E-state index in [-0.39, 0.29) is 0 Å². The fourth-order valence-electron chi connectivity index (χ4n) is 16.1. The van der Waals surface area contributed by atoms with E-state index in [0.717, 1.165) is 155 Å². The molecule has 0 amide bonds. The first-order valence-corrected chi connectivity index (χ1v) is 35.2. The van der Waals surface area contributed by atoms with Crippen molar-refractivity contribution < 1.29 is 9.47 Å². The summed E-state index contributed by atoms with van der Waals surface area (Å²) in [5.41, 5.74) is 17.7. The third-order valence-electron chi connectivity index (χ3n) is 21.0. The summed E-state index contributed by atoms with van der Waals surface area (Å²) >= 11 is 0. The van der Waals surface area contributed by atoms with Crippen molar-refractivity contribution in [3.8, 4) is 142 Å². The average molecular weight is 1350 g/mol. The van der Waals surface area contributed by atoms with Gasteiger partial charge in [-0.05, 0) is 200 Å². The first-order valence-electron chi connectivity index (χ1n) is 35.2. The largest absolute Gasteiger partial charge is 0.456 e. The van der Waals surface area contributed by atoms with Crippen LogP contribution in [-0.4, -0.2) is 24.9 Å². The molecule has 22 rings (SSSR count). The summed E-state index contributed by atoms with van der Waals surface area (Å²) < 4.78 is 12.9. The summed E-state index contributed by atoms with van der Waals surface area (Å²) in [6.45, 7) is 7.69. The van der Waals surface area contributed by atoms with E-state index in [9.17, 15) is 5.26 Å². The highest BCUT2D eigenvalue weighted by Gasteiger charge is 2.26. The molecule has 0 aliphatic carbocycles. The number of nitrogens with zero attached hydrogens (tertiary/aromatic N) is 7. The topological polar surface area (TPSA) is 111 Å². The Labute approximate surface area is 608 Å². The molecule has 0 radical (unpaired) electrons. The molecule has 2 aliphatic rings. The van der Waals surface area contributed by atoms with Crippen LogP contribution in [0.2, 0.25) is 0 Å². The lowest BCUT2D eigenvalue weighted by atomic mass is 9.89. The number of benzene rings is 18. The van der Waals surface area contributed by atoms with E-state index < -0.39 is 0 Å². The number of fused-ring (bicyclic) bond motifs is 4. The molecule has 4 heterocycles. The summed E-state index contributed by atoms with van der Waals surface area (Å²) in [7, 11) is 0. The lowest BCUT2D eigenvalue weighted by Gasteiger charge is -2.22. The minimum atomic E-state index is 0.637. The Hall–Kier alpha value is -14.8. The monoisotopic (exact) mass is 1350 g/mol. The van der Waals surface area contributed by atoms with Crippen molar-refractivity contribution in [3.05, 3.63) is 338 Å². The number of ether oxygens (including phenoxy) is 2. The second-order valence-corrected chi connectivity index (χ2v) is 27.2.